The number of rotatable bonds is 3. The van der Waals surface area contributed by atoms with Crippen LogP contribution in [0.1, 0.15) is 24.2 Å². The van der Waals surface area contributed by atoms with Crippen molar-refractivity contribution in [2.24, 2.45) is 12.8 Å². The summed E-state index contributed by atoms with van der Waals surface area (Å²) in [6.45, 7) is 0.689. The molecule has 19 heavy (non-hydrogen) atoms. The number of para-hydroxylation sites is 1. The van der Waals surface area contributed by atoms with Crippen LogP contribution in [-0.2, 0) is 19.0 Å². The molecule has 0 radical (unpaired) electrons. The highest BCUT2D eigenvalue weighted by Gasteiger charge is 2.33. The second-order valence-corrected chi connectivity index (χ2v) is 5.21. The lowest BCUT2D eigenvalue weighted by molar-refractivity contribution is 0.208. The number of imidazole rings is 1. The SMILES string of the molecule is Cn1ccnc1CCC1(N)CCOc2ccccc21. The van der Waals surface area contributed by atoms with E-state index >= 15 is 0 Å². The Morgan fingerprint density at radius 2 is 2.26 bits per heavy atom. The van der Waals surface area contributed by atoms with Crippen LogP contribution in [0.15, 0.2) is 36.7 Å². The molecule has 0 aliphatic carbocycles. The van der Waals surface area contributed by atoms with Crippen LogP contribution in [0.3, 0.4) is 0 Å². The standard InChI is InChI=1S/C15H19N3O/c1-18-10-9-17-14(18)6-7-15(16)8-11-19-13-5-3-2-4-12(13)15/h2-5,9-10H,6-8,11,16H2,1H3. The summed E-state index contributed by atoms with van der Waals surface area (Å²) in [6, 6.07) is 8.09. The maximum atomic E-state index is 6.62. The molecule has 4 heteroatoms. The third kappa shape index (κ3) is 2.24. The average molecular weight is 257 g/mol. The van der Waals surface area contributed by atoms with E-state index in [4.69, 9.17) is 10.5 Å². The van der Waals surface area contributed by atoms with E-state index in [1.54, 1.807) is 0 Å². The lowest BCUT2D eigenvalue weighted by Crippen LogP contribution is -2.42. The zero-order valence-electron chi connectivity index (χ0n) is 11.2. The molecule has 1 atom stereocenters. The number of nitrogens with zero attached hydrogens (tertiary/aromatic N) is 2. The number of nitrogens with two attached hydrogens (primary N) is 1. The molecule has 0 saturated heterocycles. The van der Waals surface area contributed by atoms with Gasteiger partial charge in [-0.05, 0) is 12.5 Å². The van der Waals surface area contributed by atoms with Gasteiger partial charge in [-0.25, -0.2) is 4.98 Å². The Labute approximate surface area is 113 Å². The van der Waals surface area contributed by atoms with Gasteiger partial charge < -0.3 is 15.0 Å². The Morgan fingerprint density at radius 3 is 3.05 bits per heavy atom. The number of hydrogen-bond acceptors (Lipinski definition) is 3. The molecular weight excluding hydrogens is 238 g/mol. The normalized spacial score (nSPS) is 21.8. The van der Waals surface area contributed by atoms with E-state index in [0.717, 1.165) is 36.4 Å². The van der Waals surface area contributed by atoms with E-state index in [0.29, 0.717) is 6.61 Å². The van der Waals surface area contributed by atoms with Gasteiger partial charge in [0.15, 0.2) is 0 Å². The van der Waals surface area contributed by atoms with Crippen molar-refractivity contribution in [3.63, 3.8) is 0 Å². The molecule has 0 fully saturated rings. The number of hydrogen-bond donors (Lipinski definition) is 1. The smallest absolute Gasteiger partial charge is 0.124 e. The van der Waals surface area contributed by atoms with E-state index < -0.39 is 0 Å². The number of aromatic nitrogens is 2. The molecule has 0 spiro atoms. The van der Waals surface area contributed by atoms with Crippen molar-refractivity contribution in [2.45, 2.75) is 24.8 Å². The number of fused-ring (bicyclic) bond motifs is 1. The third-order valence-electron chi connectivity index (χ3n) is 3.94. The van der Waals surface area contributed by atoms with Gasteiger partial charge >= 0.3 is 0 Å². The molecule has 2 aromatic rings. The first-order chi connectivity index (χ1) is 9.19. The highest BCUT2D eigenvalue weighted by atomic mass is 16.5. The minimum Gasteiger partial charge on any atom is -0.493 e. The van der Waals surface area contributed by atoms with Crippen molar-refractivity contribution in [2.75, 3.05) is 6.61 Å². The Hall–Kier alpha value is -1.81. The lowest BCUT2D eigenvalue weighted by Gasteiger charge is -2.35. The number of aryl methyl sites for hydroxylation is 2. The zero-order valence-corrected chi connectivity index (χ0v) is 11.2. The maximum Gasteiger partial charge on any atom is 0.124 e. The van der Waals surface area contributed by atoms with Gasteiger partial charge in [0.1, 0.15) is 11.6 Å². The Kier molecular flexibility index (Phi) is 3.03. The molecular formula is C15H19N3O. The van der Waals surface area contributed by atoms with Crippen molar-refractivity contribution in [3.8, 4) is 5.75 Å². The fraction of sp³-hybridized carbons (Fsp3) is 0.400. The summed E-state index contributed by atoms with van der Waals surface area (Å²) >= 11 is 0. The van der Waals surface area contributed by atoms with Gasteiger partial charge in [0.05, 0.1) is 6.61 Å². The largest absolute Gasteiger partial charge is 0.493 e. The van der Waals surface area contributed by atoms with E-state index in [1.807, 2.05) is 37.6 Å². The van der Waals surface area contributed by atoms with Crippen LogP contribution in [0.25, 0.3) is 0 Å². The molecule has 0 amide bonds. The predicted molar refractivity (Wildman–Crippen MR) is 73.9 cm³/mol. The first-order valence-electron chi connectivity index (χ1n) is 6.66. The summed E-state index contributed by atoms with van der Waals surface area (Å²) < 4.78 is 7.73. The quantitative estimate of drug-likeness (QED) is 0.915. The van der Waals surface area contributed by atoms with E-state index in [2.05, 4.69) is 15.6 Å². The maximum absolute atomic E-state index is 6.62. The Morgan fingerprint density at radius 1 is 1.42 bits per heavy atom. The molecule has 1 unspecified atom stereocenters. The third-order valence-corrected chi connectivity index (χ3v) is 3.94. The predicted octanol–water partition coefficient (Wildman–Crippen LogP) is 1.99. The summed E-state index contributed by atoms with van der Waals surface area (Å²) in [5, 5.41) is 0. The highest BCUT2D eigenvalue weighted by molar-refractivity contribution is 5.40. The lowest BCUT2D eigenvalue weighted by atomic mass is 9.81. The van der Waals surface area contributed by atoms with Crippen molar-refractivity contribution in [1.29, 1.82) is 0 Å². The monoisotopic (exact) mass is 257 g/mol. The van der Waals surface area contributed by atoms with Crippen molar-refractivity contribution in [3.05, 3.63) is 48.0 Å². The van der Waals surface area contributed by atoms with Crippen LogP contribution in [0.5, 0.6) is 5.75 Å². The Balaban J connectivity index is 1.82. The Bertz CT molecular complexity index is 578. The van der Waals surface area contributed by atoms with Gasteiger partial charge in [-0.15, -0.1) is 0 Å². The van der Waals surface area contributed by atoms with E-state index in [1.165, 1.54) is 0 Å². The van der Waals surface area contributed by atoms with Crippen LogP contribution in [0, 0.1) is 0 Å². The molecule has 2 N–H and O–H groups in total. The van der Waals surface area contributed by atoms with Gasteiger partial charge in [-0.1, -0.05) is 18.2 Å². The van der Waals surface area contributed by atoms with Gasteiger partial charge in [0, 0.05) is 43.4 Å². The number of benzene rings is 1. The summed E-state index contributed by atoms with van der Waals surface area (Å²) in [7, 11) is 2.02. The molecule has 1 aliphatic rings. The fourth-order valence-corrected chi connectivity index (χ4v) is 2.71. The minimum absolute atomic E-state index is 0.305. The molecule has 1 aromatic heterocycles. The van der Waals surface area contributed by atoms with Gasteiger partial charge in [-0.3, -0.25) is 0 Å². The van der Waals surface area contributed by atoms with Crippen molar-refractivity contribution < 1.29 is 4.74 Å². The van der Waals surface area contributed by atoms with E-state index in [-0.39, 0.29) is 5.54 Å². The van der Waals surface area contributed by atoms with E-state index in [9.17, 15) is 0 Å². The molecule has 0 bridgehead atoms. The first kappa shape index (κ1) is 12.2. The topological polar surface area (TPSA) is 53.1 Å². The van der Waals surface area contributed by atoms with Crippen molar-refractivity contribution >= 4 is 0 Å². The molecule has 3 rings (SSSR count). The fourth-order valence-electron chi connectivity index (χ4n) is 2.71. The van der Waals surface area contributed by atoms with Gasteiger partial charge in [0.2, 0.25) is 0 Å². The van der Waals surface area contributed by atoms with Crippen molar-refractivity contribution in [1.82, 2.24) is 9.55 Å². The summed E-state index contributed by atoms with van der Waals surface area (Å²) in [6.07, 6.45) is 6.42. The van der Waals surface area contributed by atoms with Crippen LogP contribution in [0.4, 0.5) is 0 Å². The van der Waals surface area contributed by atoms with Gasteiger partial charge in [0.25, 0.3) is 0 Å². The van der Waals surface area contributed by atoms with Crippen LogP contribution in [0.2, 0.25) is 0 Å². The minimum atomic E-state index is -0.305. The summed E-state index contributed by atoms with van der Waals surface area (Å²) in [5.74, 6) is 2.00. The molecule has 0 saturated carbocycles. The average Bonchev–Trinajstić information content (AvgIpc) is 2.83. The molecule has 1 aliphatic heterocycles. The number of ether oxygens (including phenoxy) is 1. The van der Waals surface area contributed by atoms with Gasteiger partial charge in [-0.2, -0.15) is 0 Å². The molecule has 1 aromatic carbocycles. The van der Waals surface area contributed by atoms with Crippen LogP contribution < -0.4 is 10.5 Å². The summed E-state index contributed by atoms with van der Waals surface area (Å²) in [5.41, 5.74) is 7.44. The molecule has 2 heterocycles. The second-order valence-electron chi connectivity index (χ2n) is 5.21. The van der Waals surface area contributed by atoms with Crippen LogP contribution in [-0.4, -0.2) is 16.2 Å². The first-order valence-corrected chi connectivity index (χ1v) is 6.66. The summed E-state index contributed by atoms with van der Waals surface area (Å²) in [4.78, 5) is 4.36. The molecule has 100 valence electrons. The zero-order chi connectivity index (χ0) is 13.3. The second kappa shape index (κ2) is 4.70. The van der Waals surface area contributed by atoms with Crippen LogP contribution >= 0.6 is 0 Å². The highest BCUT2D eigenvalue weighted by Crippen LogP contribution is 2.37. The molecule has 4 nitrogen and oxygen atoms in total.